The zero-order valence-corrected chi connectivity index (χ0v) is 12.1. The van der Waals surface area contributed by atoms with Gasteiger partial charge in [-0.25, -0.2) is 0 Å². The number of hydrogen-bond acceptors (Lipinski definition) is 3. The van der Waals surface area contributed by atoms with Gasteiger partial charge in [-0.05, 0) is 24.5 Å². The fraction of sp³-hybridized carbons (Fsp3) is 0.333. The van der Waals surface area contributed by atoms with Gasteiger partial charge < -0.3 is 10.6 Å². The highest BCUT2D eigenvalue weighted by Crippen LogP contribution is 2.17. The van der Waals surface area contributed by atoms with E-state index < -0.39 is 0 Å². The maximum Gasteiger partial charge on any atom is 0.276 e. The van der Waals surface area contributed by atoms with E-state index >= 15 is 0 Å². The van der Waals surface area contributed by atoms with E-state index in [1.165, 1.54) is 0 Å². The lowest BCUT2D eigenvalue weighted by atomic mass is 10.1. The maximum absolute atomic E-state index is 12.4. The van der Waals surface area contributed by atoms with Gasteiger partial charge in [0, 0.05) is 13.6 Å². The molecular weight excluding hydrogens is 252 g/mol. The Morgan fingerprint density at radius 2 is 2.10 bits per heavy atom. The Morgan fingerprint density at radius 1 is 1.40 bits per heavy atom. The van der Waals surface area contributed by atoms with Crippen LogP contribution in [0.25, 0.3) is 0 Å². The van der Waals surface area contributed by atoms with Crippen molar-refractivity contribution < 1.29 is 4.79 Å². The van der Waals surface area contributed by atoms with Crippen molar-refractivity contribution in [2.75, 3.05) is 12.8 Å². The van der Waals surface area contributed by atoms with E-state index in [-0.39, 0.29) is 5.91 Å². The van der Waals surface area contributed by atoms with Crippen LogP contribution in [0, 0.1) is 6.92 Å². The third kappa shape index (κ3) is 2.66. The molecule has 0 atom stereocenters. The molecule has 2 rings (SSSR count). The number of nitrogen functional groups attached to an aromatic ring is 1. The first-order valence-electron chi connectivity index (χ1n) is 6.67. The number of H-pyrrole nitrogens is 1. The molecule has 2 aromatic rings. The van der Waals surface area contributed by atoms with Crippen LogP contribution in [0.3, 0.4) is 0 Å². The number of amides is 1. The average Bonchev–Trinajstić information content (AvgIpc) is 2.81. The minimum absolute atomic E-state index is 0.165. The first kappa shape index (κ1) is 14.1. The quantitative estimate of drug-likeness (QED) is 0.895. The number of aromatic amines is 1. The van der Waals surface area contributed by atoms with Crippen molar-refractivity contribution in [3.8, 4) is 0 Å². The van der Waals surface area contributed by atoms with E-state index in [9.17, 15) is 4.79 Å². The van der Waals surface area contributed by atoms with Gasteiger partial charge in [0.05, 0.1) is 11.4 Å². The van der Waals surface area contributed by atoms with Gasteiger partial charge in [-0.3, -0.25) is 9.89 Å². The molecule has 0 bridgehead atoms. The molecular formula is C15H20N4O. The number of anilines is 1. The molecule has 0 fully saturated rings. The van der Waals surface area contributed by atoms with Crippen LogP contribution in [0.2, 0.25) is 0 Å². The van der Waals surface area contributed by atoms with E-state index in [0.717, 1.165) is 23.2 Å². The molecule has 20 heavy (non-hydrogen) atoms. The summed E-state index contributed by atoms with van der Waals surface area (Å²) in [6, 6.07) is 8.01. The Bertz CT molecular complexity index is 618. The summed E-state index contributed by atoms with van der Waals surface area (Å²) in [4.78, 5) is 14.0. The van der Waals surface area contributed by atoms with Gasteiger partial charge in [-0.2, -0.15) is 5.10 Å². The fourth-order valence-corrected chi connectivity index (χ4v) is 2.11. The Hall–Kier alpha value is -2.30. The molecule has 106 valence electrons. The monoisotopic (exact) mass is 272 g/mol. The molecule has 3 N–H and O–H groups in total. The van der Waals surface area contributed by atoms with Crippen LogP contribution < -0.4 is 5.73 Å². The molecule has 5 heteroatoms. The SMILES string of the molecule is CCc1[nH]nc(C(=O)N(C)Cc2ccccc2C)c1N. The summed E-state index contributed by atoms with van der Waals surface area (Å²) in [6.45, 7) is 4.54. The summed E-state index contributed by atoms with van der Waals surface area (Å²) in [5.74, 6) is -0.165. The summed E-state index contributed by atoms with van der Waals surface area (Å²) >= 11 is 0. The molecule has 1 aromatic heterocycles. The lowest BCUT2D eigenvalue weighted by molar-refractivity contribution is 0.0780. The minimum Gasteiger partial charge on any atom is -0.395 e. The second kappa shape index (κ2) is 5.77. The zero-order valence-electron chi connectivity index (χ0n) is 12.1. The fourth-order valence-electron chi connectivity index (χ4n) is 2.11. The molecule has 0 saturated carbocycles. The maximum atomic E-state index is 12.4. The summed E-state index contributed by atoms with van der Waals surface area (Å²) in [6.07, 6.45) is 0.730. The normalized spacial score (nSPS) is 10.6. The molecule has 5 nitrogen and oxygen atoms in total. The number of nitrogens with one attached hydrogen (secondary N) is 1. The molecule has 0 unspecified atom stereocenters. The second-order valence-electron chi connectivity index (χ2n) is 4.91. The smallest absolute Gasteiger partial charge is 0.276 e. The lowest BCUT2D eigenvalue weighted by Gasteiger charge is -2.17. The highest BCUT2D eigenvalue weighted by molar-refractivity contribution is 5.97. The van der Waals surface area contributed by atoms with E-state index in [0.29, 0.717) is 17.9 Å². The number of rotatable bonds is 4. The Balaban J connectivity index is 2.17. The third-order valence-electron chi connectivity index (χ3n) is 3.45. The molecule has 0 aliphatic rings. The first-order chi connectivity index (χ1) is 9.54. The van der Waals surface area contributed by atoms with Gasteiger partial charge in [0.1, 0.15) is 0 Å². The lowest BCUT2D eigenvalue weighted by Crippen LogP contribution is -2.27. The van der Waals surface area contributed by atoms with Gasteiger partial charge in [-0.15, -0.1) is 0 Å². The zero-order chi connectivity index (χ0) is 14.7. The van der Waals surface area contributed by atoms with Gasteiger partial charge >= 0.3 is 0 Å². The summed E-state index contributed by atoms with van der Waals surface area (Å²) in [5.41, 5.74) is 9.78. The van der Waals surface area contributed by atoms with Crippen molar-refractivity contribution in [1.82, 2.24) is 15.1 Å². The van der Waals surface area contributed by atoms with E-state index in [4.69, 9.17) is 5.73 Å². The number of aromatic nitrogens is 2. The predicted molar refractivity (Wildman–Crippen MR) is 79.4 cm³/mol. The number of hydrogen-bond donors (Lipinski definition) is 2. The number of carbonyl (C=O) groups excluding carboxylic acids is 1. The van der Waals surface area contributed by atoms with E-state index in [1.807, 2.05) is 38.1 Å². The molecule has 0 spiro atoms. The van der Waals surface area contributed by atoms with Crippen LogP contribution in [-0.4, -0.2) is 28.1 Å². The Kier molecular flexibility index (Phi) is 4.08. The van der Waals surface area contributed by atoms with Crippen molar-refractivity contribution in [3.05, 3.63) is 46.8 Å². The van der Waals surface area contributed by atoms with Gasteiger partial charge in [-0.1, -0.05) is 31.2 Å². The van der Waals surface area contributed by atoms with Crippen molar-refractivity contribution in [2.45, 2.75) is 26.8 Å². The Morgan fingerprint density at radius 3 is 2.70 bits per heavy atom. The highest BCUT2D eigenvalue weighted by Gasteiger charge is 2.20. The van der Waals surface area contributed by atoms with Crippen LogP contribution in [0.5, 0.6) is 0 Å². The van der Waals surface area contributed by atoms with Crippen molar-refractivity contribution >= 4 is 11.6 Å². The van der Waals surface area contributed by atoms with Crippen molar-refractivity contribution in [2.24, 2.45) is 0 Å². The van der Waals surface area contributed by atoms with Crippen LogP contribution in [0.4, 0.5) is 5.69 Å². The standard InChI is InChI=1S/C15H20N4O/c1-4-12-13(16)14(18-17-12)15(20)19(3)9-11-8-6-5-7-10(11)2/h5-8H,4,9,16H2,1-3H3,(H,17,18). The first-order valence-corrected chi connectivity index (χ1v) is 6.67. The number of aryl methyl sites for hydroxylation is 2. The molecule has 1 aromatic carbocycles. The average molecular weight is 272 g/mol. The van der Waals surface area contributed by atoms with Crippen LogP contribution in [0.15, 0.2) is 24.3 Å². The molecule has 0 saturated heterocycles. The van der Waals surface area contributed by atoms with Gasteiger partial charge in [0.15, 0.2) is 5.69 Å². The van der Waals surface area contributed by atoms with E-state index in [2.05, 4.69) is 10.2 Å². The Labute approximate surface area is 118 Å². The highest BCUT2D eigenvalue weighted by atomic mass is 16.2. The number of carbonyl (C=O) groups is 1. The van der Waals surface area contributed by atoms with Crippen LogP contribution in [0.1, 0.15) is 34.2 Å². The number of benzene rings is 1. The largest absolute Gasteiger partial charge is 0.395 e. The molecule has 1 heterocycles. The molecule has 0 aliphatic heterocycles. The second-order valence-corrected chi connectivity index (χ2v) is 4.91. The summed E-state index contributed by atoms with van der Waals surface area (Å²) in [7, 11) is 1.76. The third-order valence-corrected chi connectivity index (χ3v) is 3.45. The van der Waals surface area contributed by atoms with E-state index in [1.54, 1.807) is 11.9 Å². The topological polar surface area (TPSA) is 75.0 Å². The predicted octanol–water partition coefficient (Wildman–Crippen LogP) is 2.13. The number of nitrogens with two attached hydrogens (primary N) is 1. The van der Waals surface area contributed by atoms with Gasteiger partial charge in [0.25, 0.3) is 5.91 Å². The summed E-state index contributed by atoms with van der Waals surface area (Å²) < 4.78 is 0. The molecule has 0 aliphatic carbocycles. The van der Waals surface area contributed by atoms with Crippen molar-refractivity contribution in [3.63, 3.8) is 0 Å². The van der Waals surface area contributed by atoms with Gasteiger partial charge in [0.2, 0.25) is 0 Å². The number of nitrogens with zero attached hydrogens (tertiary/aromatic N) is 2. The van der Waals surface area contributed by atoms with Crippen molar-refractivity contribution in [1.29, 1.82) is 0 Å². The summed E-state index contributed by atoms with van der Waals surface area (Å²) in [5, 5.41) is 6.84. The minimum atomic E-state index is -0.165. The molecule has 0 radical (unpaired) electrons. The van der Waals surface area contributed by atoms with Crippen LogP contribution in [-0.2, 0) is 13.0 Å². The van der Waals surface area contributed by atoms with Crippen LogP contribution >= 0.6 is 0 Å². The molecule has 1 amide bonds.